The second kappa shape index (κ2) is 24.0. The molecule has 2 aliphatic rings. The standard InChI is InChI=1S/C105H76N6S/c1-104(2,3)68-47-53-92-84(58-68)85-59-69(105(4,5)6)48-54-93(85)110(92)94-45-25-37-80-81-38-26-46-95(103(81)112-102(80)94)111-97-61-71(107-88-41-21-15-33-76(88)77-34-16-22-42-89(77)107)50-52-83(97)100-82-51-49-70(106-86-39-19-13-31-74(86)75-32-14-20-40-87(75)106)60-96(82)109(72-56-66(64-27-9-7-10-28-64)55-67(57-72)65-29-11-8-12-30-65)98-62-73(63-99(111)101(98)100)108-90-43-23-17-35-78(90)79-36-18-24-44-91(79)108/h7-63,100H,1-6H3/i13D,14D,15D,16D,17D,18D,19D,20D,21D,22D,23D,24D,31D,32D,33D,34D,35D,36D,39D,40D,41D,42D,43D,44D. The van der Waals surface area contributed by atoms with E-state index in [9.17, 15) is 27.4 Å². The second-order valence-corrected chi connectivity index (χ2v) is 32.1. The molecule has 16 aromatic carbocycles. The van der Waals surface area contributed by atoms with Crippen molar-refractivity contribution in [3.63, 3.8) is 0 Å². The van der Waals surface area contributed by atoms with Crippen LogP contribution >= 0.6 is 11.3 Å². The summed E-state index contributed by atoms with van der Waals surface area (Å²) >= 11 is 1.53. The zero-order chi connectivity index (χ0) is 95.5. The van der Waals surface area contributed by atoms with Gasteiger partial charge in [-0.05, 0) is 183 Å². The first-order valence-electron chi connectivity index (χ1n) is 49.2. The first-order valence-corrected chi connectivity index (χ1v) is 38.0. The Morgan fingerprint density at radius 2 is 0.634 bits per heavy atom. The van der Waals surface area contributed by atoms with E-state index < -0.39 is 151 Å². The summed E-state index contributed by atoms with van der Waals surface area (Å²) in [5, 5.41) is 2.62. The van der Waals surface area contributed by atoms with E-state index in [4.69, 9.17) is 5.48 Å². The Hall–Kier alpha value is -13.5. The zero-order valence-corrected chi connectivity index (χ0v) is 62.0. The third-order valence-corrected chi connectivity index (χ3v) is 24.0. The predicted molar refractivity (Wildman–Crippen MR) is 475 cm³/mol. The fourth-order valence-electron chi connectivity index (χ4n) is 17.6. The third kappa shape index (κ3) is 9.50. The van der Waals surface area contributed by atoms with E-state index in [1.165, 1.54) is 25.0 Å². The maximum Gasteiger partial charge on any atom is 0.0645 e. The van der Waals surface area contributed by atoms with Crippen LogP contribution in [0.15, 0.2) is 345 Å². The van der Waals surface area contributed by atoms with Crippen LogP contribution in [0.4, 0.5) is 34.1 Å². The SMILES string of the molecule is [2H]c1c([2H])c([2H])c2c(c1[2H])c1c([2H])c([2H])c([2H])c([2H])c1n2-c1ccc2c(c1)N(c1cc(-c3ccccc3)cc(-c3ccccc3)c1)c1cc(-n3c4c([2H])c([2H])c([2H])c([2H])c4c4c([2H])c([2H])c([2H])c([2H])c43)cc3c1C2c1ccc(-n2c4c([2H])c([2H])c([2H])c([2H])c4c4c([2H])c([2H])c([2H])c([2H])c42)cc1N3c1cccc2c1sc1c(-n3c4ccc(C(C)(C)C)cc4c4cc(C(C)(C)C)ccc43)cccc12. The molecule has 1 atom stereocenters. The Kier molecular flexibility index (Phi) is 9.62. The lowest BCUT2D eigenvalue weighted by Crippen LogP contribution is -2.30. The molecule has 112 heavy (non-hydrogen) atoms. The smallest absolute Gasteiger partial charge is 0.0645 e. The molecule has 0 aliphatic carbocycles. The van der Waals surface area contributed by atoms with Gasteiger partial charge in [0, 0.05) is 82.4 Å². The molecule has 0 amide bonds. The van der Waals surface area contributed by atoms with E-state index in [0.717, 1.165) is 65.2 Å². The Labute approximate surface area is 687 Å². The van der Waals surface area contributed by atoms with Crippen molar-refractivity contribution in [1.82, 2.24) is 18.3 Å². The van der Waals surface area contributed by atoms with Crippen molar-refractivity contribution in [2.75, 3.05) is 9.80 Å². The van der Waals surface area contributed by atoms with E-state index in [0.29, 0.717) is 66.6 Å². The number of anilines is 6. The summed E-state index contributed by atoms with van der Waals surface area (Å²) in [5.74, 6) is -1.04. The molecule has 0 N–H and O–H groups in total. The van der Waals surface area contributed by atoms with Crippen molar-refractivity contribution in [3.8, 4) is 45.0 Å². The highest BCUT2D eigenvalue weighted by Gasteiger charge is 2.43. The topological polar surface area (TPSA) is 26.2 Å². The van der Waals surface area contributed by atoms with Gasteiger partial charge in [0.25, 0.3) is 0 Å². The Morgan fingerprint density at radius 1 is 0.259 bits per heavy atom. The zero-order valence-electron chi connectivity index (χ0n) is 85.2. The van der Waals surface area contributed by atoms with Crippen LogP contribution in [0, 0.1) is 0 Å². The number of hydrogen-bond acceptors (Lipinski definition) is 3. The van der Waals surface area contributed by atoms with E-state index in [1.54, 1.807) is 24.3 Å². The fraction of sp³-hybridized carbons (Fsp3) is 0.0857. The number of thiophene rings is 1. The lowest BCUT2D eigenvalue weighted by Gasteiger charge is -2.46. The summed E-state index contributed by atoms with van der Waals surface area (Å²) in [4.78, 5) is 4.07. The molecule has 7 heterocycles. The monoisotopic (exact) mass is 1480 g/mol. The predicted octanol–water partition coefficient (Wildman–Crippen LogP) is 29.1. The highest BCUT2D eigenvalue weighted by atomic mass is 32.1. The maximum absolute atomic E-state index is 10.2. The first-order chi connectivity index (χ1) is 64.8. The van der Waals surface area contributed by atoms with Gasteiger partial charge in [-0.25, -0.2) is 0 Å². The molecule has 0 spiro atoms. The van der Waals surface area contributed by atoms with Crippen LogP contribution in [0.5, 0.6) is 0 Å². The fourth-order valence-corrected chi connectivity index (χ4v) is 18.9. The minimum atomic E-state index is -1.04. The summed E-state index contributed by atoms with van der Waals surface area (Å²) in [6, 6.07) is 50.7. The Morgan fingerprint density at radius 3 is 1.06 bits per heavy atom. The van der Waals surface area contributed by atoms with Gasteiger partial charge in [0.2, 0.25) is 0 Å². The molecule has 0 radical (unpaired) electrons. The number of nitrogens with zero attached hydrogens (tertiary/aromatic N) is 6. The van der Waals surface area contributed by atoms with Gasteiger partial charge in [0.15, 0.2) is 0 Å². The molecular formula is C105H76N6S. The number of rotatable bonds is 8. The molecule has 532 valence electrons. The van der Waals surface area contributed by atoms with E-state index in [2.05, 4.69) is 112 Å². The normalized spacial score (nSPS) is 16.7. The van der Waals surface area contributed by atoms with E-state index >= 15 is 0 Å². The van der Waals surface area contributed by atoms with E-state index in [-0.39, 0.29) is 93.3 Å². The maximum atomic E-state index is 10.2. The van der Waals surface area contributed by atoms with Gasteiger partial charge in [0.1, 0.15) is 0 Å². The molecule has 0 fully saturated rings. The largest absolute Gasteiger partial charge is 0.310 e. The minimum Gasteiger partial charge on any atom is -0.310 e. The number of fused-ring (bicyclic) bond motifs is 19. The highest BCUT2D eigenvalue weighted by molar-refractivity contribution is 7.26. The van der Waals surface area contributed by atoms with Crippen molar-refractivity contribution >= 4 is 153 Å². The Balaban J connectivity index is 0.924. The summed E-state index contributed by atoms with van der Waals surface area (Å²) in [7, 11) is 0. The molecule has 7 heteroatoms. The summed E-state index contributed by atoms with van der Waals surface area (Å²) in [6.07, 6.45) is 0. The highest BCUT2D eigenvalue weighted by Crippen LogP contribution is 2.64. The lowest BCUT2D eigenvalue weighted by atomic mass is 9.75. The Bertz CT molecular complexity index is 8730. The van der Waals surface area contributed by atoms with Crippen molar-refractivity contribution in [2.45, 2.75) is 58.3 Å². The van der Waals surface area contributed by atoms with Crippen LogP contribution in [0.2, 0.25) is 0 Å². The van der Waals surface area contributed by atoms with Gasteiger partial charge >= 0.3 is 0 Å². The van der Waals surface area contributed by atoms with Gasteiger partial charge in [0.05, 0.1) is 126 Å². The van der Waals surface area contributed by atoms with Crippen molar-refractivity contribution in [3.05, 3.63) is 373 Å². The molecular weight excluding hydrogens is 1380 g/mol. The molecule has 21 aromatic rings. The molecule has 5 aromatic heterocycles. The molecule has 2 aliphatic heterocycles. The van der Waals surface area contributed by atoms with Gasteiger partial charge in [-0.15, -0.1) is 11.3 Å². The van der Waals surface area contributed by atoms with Gasteiger partial charge in [-0.1, -0.05) is 260 Å². The average Bonchev–Trinajstić information content (AvgIpc) is 1.27. The average molecular weight is 1480 g/mol. The molecule has 6 nitrogen and oxygen atoms in total. The quantitative estimate of drug-likeness (QED) is 0.152. The van der Waals surface area contributed by atoms with E-state index in [1.807, 2.05) is 120 Å². The van der Waals surface area contributed by atoms with Crippen LogP contribution in [0.1, 0.15) is 108 Å². The number of benzene rings is 16. The van der Waals surface area contributed by atoms with Gasteiger partial charge < -0.3 is 28.1 Å². The first kappa shape index (κ1) is 44.9. The van der Waals surface area contributed by atoms with Crippen molar-refractivity contribution in [1.29, 1.82) is 0 Å². The van der Waals surface area contributed by atoms with Crippen molar-refractivity contribution < 1.29 is 32.9 Å². The molecule has 23 rings (SSSR count). The molecule has 0 saturated carbocycles. The molecule has 1 unspecified atom stereocenters. The summed E-state index contributed by atoms with van der Waals surface area (Å²) in [6.45, 7) is 13.2. The van der Waals surface area contributed by atoms with Crippen molar-refractivity contribution in [2.24, 2.45) is 0 Å². The van der Waals surface area contributed by atoms with Gasteiger partial charge in [-0.3, -0.25) is 0 Å². The summed E-state index contributed by atoms with van der Waals surface area (Å²) < 4.78 is 239. The number of para-hydroxylation sites is 6. The summed E-state index contributed by atoms with van der Waals surface area (Å²) in [5.41, 5.74) is 10.9. The third-order valence-electron chi connectivity index (χ3n) is 22.7. The van der Waals surface area contributed by atoms with Crippen LogP contribution in [0.25, 0.3) is 152 Å². The van der Waals surface area contributed by atoms with Crippen LogP contribution in [0.3, 0.4) is 0 Å². The number of aromatic nitrogens is 4. The van der Waals surface area contributed by atoms with Crippen LogP contribution in [-0.4, -0.2) is 18.3 Å². The molecule has 0 saturated heterocycles. The van der Waals surface area contributed by atoms with Gasteiger partial charge in [-0.2, -0.15) is 0 Å². The number of hydrogen-bond donors (Lipinski definition) is 0. The lowest BCUT2D eigenvalue weighted by molar-refractivity contribution is 0.590. The van der Waals surface area contributed by atoms with Crippen LogP contribution < -0.4 is 9.80 Å². The second-order valence-electron chi connectivity index (χ2n) is 31.0. The molecule has 0 bridgehead atoms. The van der Waals surface area contributed by atoms with Crippen LogP contribution in [-0.2, 0) is 10.8 Å². The minimum absolute atomic E-state index is 0.0736.